The molecule has 1 aromatic heterocycles. The molecule has 7 nitrogen and oxygen atoms in total. The maximum atomic E-state index is 13.1. The molecule has 1 saturated heterocycles. The van der Waals surface area contributed by atoms with Gasteiger partial charge in [0, 0.05) is 17.2 Å². The van der Waals surface area contributed by atoms with E-state index in [0.29, 0.717) is 22.6 Å². The number of hydrogen-bond acceptors (Lipinski definition) is 6. The van der Waals surface area contributed by atoms with Crippen LogP contribution < -0.4 is 9.64 Å². The van der Waals surface area contributed by atoms with Crippen LogP contribution in [-0.4, -0.2) is 29.1 Å². The lowest BCUT2D eigenvalue weighted by Gasteiger charge is -2.24. The van der Waals surface area contributed by atoms with Crippen LogP contribution in [-0.2, 0) is 9.59 Å². The van der Waals surface area contributed by atoms with Crippen molar-refractivity contribution in [2.24, 2.45) is 0 Å². The first-order valence-electron chi connectivity index (χ1n) is 9.36. The number of nitrogens with zero attached hydrogens (tertiary/aromatic N) is 2. The fourth-order valence-electron chi connectivity index (χ4n) is 3.59. The fourth-order valence-corrected chi connectivity index (χ4v) is 3.59. The molecular formula is C23H20N2O5. The Morgan fingerprint density at radius 2 is 1.80 bits per heavy atom. The van der Waals surface area contributed by atoms with Gasteiger partial charge in [-0.1, -0.05) is 53.2 Å². The standard InChI is InChI=1S/C23H20N2O5/c1-13-8-10-15(11-9-13)21(26)19-20(16-6-4-5-7-17(16)29-3)25(23(28)22(19)27)18-12-14(2)30-24-18/h4-12,20,26H,1-3H3/b21-19+/t20-/m0/s1. The van der Waals surface area contributed by atoms with E-state index in [1.165, 1.54) is 12.0 Å². The maximum Gasteiger partial charge on any atom is 0.301 e. The number of aryl methyl sites for hydroxylation is 2. The van der Waals surface area contributed by atoms with E-state index in [1.807, 2.05) is 19.1 Å². The average molecular weight is 404 g/mol. The Hall–Kier alpha value is -3.87. The molecule has 1 aliphatic rings. The molecule has 30 heavy (non-hydrogen) atoms. The SMILES string of the molecule is COc1ccccc1[C@H]1/C(=C(\O)c2ccc(C)cc2)C(=O)C(=O)N1c1cc(C)on1. The minimum absolute atomic E-state index is 0.0333. The number of ether oxygens (including phenoxy) is 1. The van der Waals surface area contributed by atoms with Crippen LogP contribution in [0.15, 0.2) is 64.7 Å². The first kappa shape index (κ1) is 19.4. The molecule has 0 aliphatic carbocycles. The van der Waals surface area contributed by atoms with Gasteiger partial charge in [-0.2, -0.15) is 0 Å². The summed E-state index contributed by atoms with van der Waals surface area (Å²) in [4.78, 5) is 27.3. The number of benzene rings is 2. The molecule has 7 heteroatoms. The molecule has 0 bridgehead atoms. The zero-order valence-electron chi connectivity index (χ0n) is 16.7. The summed E-state index contributed by atoms with van der Waals surface area (Å²) in [5.74, 6) is -0.702. The van der Waals surface area contributed by atoms with E-state index in [0.717, 1.165) is 5.56 Å². The zero-order valence-corrected chi connectivity index (χ0v) is 16.7. The van der Waals surface area contributed by atoms with Gasteiger partial charge in [-0.25, -0.2) is 0 Å². The third kappa shape index (κ3) is 3.14. The van der Waals surface area contributed by atoms with Crippen molar-refractivity contribution in [3.05, 3.63) is 82.6 Å². The van der Waals surface area contributed by atoms with Crippen LogP contribution in [0.3, 0.4) is 0 Å². The highest BCUT2D eigenvalue weighted by Gasteiger charge is 2.49. The number of aromatic nitrogens is 1. The van der Waals surface area contributed by atoms with Crippen molar-refractivity contribution in [3.63, 3.8) is 0 Å². The lowest BCUT2D eigenvalue weighted by Crippen LogP contribution is -2.29. The van der Waals surface area contributed by atoms with Crippen molar-refractivity contribution < 1.29 is 24.0 Å². The molecule has 1 amide bonds. The van der Waals surface area contributed by atoms with Crippen LogP contribution in [0, 0.1) is 13.8 Å². The molecule has 2 heterocycles. The molecule has 0 saturated carbocycles. The van der Waals surface area contributed by atoms with Crippen LogP contribution in [0.1, 0.15) is 28.5 Å². The Morgan fingerprint density at radius 1 is 1.10 bits per heavy atom. The second-order valence-corrected chi connectivity index (χ2v) is 7.07. The monoisotopic (exact) mass is 404 g/mol. The second-order valence-electron chi connectivity index (χ2n) is 7.07. The van der Waals surface area contributed by atoms with E-state index >= 15 is 0 Å². The normalized spacial score (nSPS) is 18.1. The molecule has 4 rings (SSSR count). The Labute approximate surface area is 173 Å². The number of ketones is 1. The Kier molecular flexibility index (Phi) is 4.87. The molecule has 2 aromatic carbocycles. The molecule has 0 spiro atoms. The van der Waals surface area contributed by atoms with Crippen LogP contribution in [0.4, 0.5) is 5.82 Å². The van der Waals surface area contributed by atoms with Gasteiger partial charge in [0.1, 0.15) is 23.3 Å². The number of carbonyl (C=O) groups is 2. The molecule has 1 atom stereocenters. The minimum atomic E-state index is -0.924. The van der Waals surface area contributed by atoms with E-state index in [-0.39, 0.29) is 17.2 Å². The van der Waals surface area contributed by atoms with Gasteiger partial charge in [0.2, 0.25) is 0 Å². The number of amides is 1. The molecular weight excluding hydrogens is 384 g/mol. The van der Waals surface area contributed by atoms with Crippen molar-refractivity contribution in [1.29, 1.82) is 0 Å². The molecule has 1 aliphatic heterocycles. The van der Waals surface area contributed by atoms with E-state index in [1.54, 1.807) is 49.4 Å². The molecule has 1 N–H and O–H groups in total. The zero-order chi connectivity index (χ0) is 21.4. The topological polar surface area (TPSA) is 92.9 Å². The first-order chi connectivity index (χ1) is 14.4. The molecule has 1 fully saturated rings. The Bertz CT molecular complexity index is 1160. The number of para-hydroxylation sites is 1. The molecule has 0 radical (unpaired) electrons. The molecule has 152 valence electrons. The Morgan fingerprint density at radius 3 is 2.43 bits per heavy atom. The average Bonchev–Trinajstić information content (AvgIpc) is 3.29. The number of carbonyl (C=O) groups excluding carboxylic acids is 2. The van der Waals surface area contributed by atoms with Crippen molar-refractivity contribution in [2.75, 3.05) is 12.0 Å². The summed E-state index contributed by atoms with van der Waals surface area (Å²) in [7, 11) is 1.51. The van der Waals surface area contributed by atoms with E-state index in [4.69, 9.17) is 9.26 Å². The number of aliphatic hydroxyl groups excluding tert-OH is 1. The lowest BCUT2D eigenvalue weighted by molar-refractivity contribution is -0.132. The summed E-state index contributed by atoms with van der Waals surface area (Å²) in [6, 6.07) is 14.7. The maximum absolute atomic E-state index is 13.1. The lowest BCUT2D eigenvalue weighted by atomic mass is 9.94. The van der Waals surface area contributed by atoms with E-state index < -0.39 is 17.7 Å². The predicted octanol–water partition coefficient (Wildman–Crippen LogP) is 3.93. The van der Waals surface area contributed by atoms with Gasteiger partial charge >= 0.3 is 5.91 Å². The van der Waals surface area contributed by atoms with Crippen LogP contribution in [0.2, 0.25) is 0 Å². The van der Waals surface area contributed by atoms with Crippen molar-refractivity contribution >= 4 is 23.3 Å². The van der Waals surface area contributed by atoms with Crippen molar-refractivity contribution in [2.45, 2.75) is 19.9 Å². The van der Waals surface area contributed by atoms with Gasteiger partial charge < -0.3 is 14.4 Å². The van der Waals surface area contributed by atoms with Gasteiger partial charge in [0.05, 0.1) is 12.7 Å². The highest BCUT2D eigenvalue weighted by Crippen LogP contribution is 2.44. The van der Waals surface area contributed by atoms with Crippen LogP contribution in [0.5, 0.6) is 5.75 Å². The van der Waals surface area contributed by atoms with E-state index in [2.05, 4.69) is 5.16 Å². The third-order valence-electron chi connectivity index (χ3n) is 5.07. The summed E-state index contributed by atoms with van der Waals surface area (Å²) in [6.07, 6.45) is 0. The summed E-state index contributed by atoms with van der Waals surface area (Å²) in [6.45, 7) is 3.61. The van der Waals surface area contributed by atoms with Crippen LogP contribution >= 0.6 is 0 Å². The van der Waals surface area contributed by atoms with Gasteiger partial charge in [-0.15, -0.1) is 0 Å². The van der Waals surface area contributed by atoms with Crippen molar-refractivity contribution in [1.82, 2.24) is 5.16 Å². The molecule has 3 aromatic rings. The number of methoxy groups -OCH3 is 1. The smallest absolute Gasteiger partial charge is 0.301 e. The van der Waals surface area contributed by atoms with Gasteiger partial charge in [-0.3, -0.25) is 14.5 Å². The number of Topliss-reactive ketones (excluding diaryl/α,β-unsaturated/α-hetero) is 1. The summed E-state index contributed by atoms with van der Waals surface area (Å²) >= 11 is 0. The number of hydrogen-bond donors (Lipinski definition) is 1. The van der Waals surface area contributed by atoms with Gasteiger partial charge in [0.25, 0.3) is 5.78 Å². The quantitative estimate of drug-likeness (QED) is 0.402. The number of anilines is 1. The third-order valence-corrected chi connectivity index (χ3v) is 5.07. The predicted molar refractivity (Wildman–Crippen MR) is 110 cm³/mol. The fraction of sp³-hybridized carbons (Fsp3) is 0.174. The van der Waals surface area contributed by atoms with Gasteiger partial charge in [0.15, 0.2) is 5.82 Å². The van der Waals surface area contributed by atoms with Crippen molar-refractivity contribution in [3.8, 4) is 5.75 Å². The first-order valence-corrected chi connectivity index (χ1v) is 9.36. The highest BCUT2D eigenvalue weighted by molar-refractivity contribution is 6.51. The summed E-state index contributed by atoms with van der Waals surface area (Å²) in [5.41, 5.74) is 1.96. The second kappa shape index (κ2) is 7.51. The molecule has 0 unspecified atom stereocenters. The van der Waals surface area contributed by atoms with Crippen LogP contribution in [0.25, 0.3) is 5.76 Å². The highest BCUT2D eigenvalue weighted by atomic mass is 16.5. The Balaban J connectivity index is 1.98. The number of rotatable bonds is 4. The largest absolute Gasteiger partial charge is 0.507 e. The van der Waals surface area contributed by atoms with E-state index in [9.17, 15) is 14.7 Å². The summed E-state index contributed by atoms with van der Waals surface area (Å²) < 4.78 is 10.6. The summed E-state index contributed by atoms with van der Waals surface area (Å²) in [5, 5.41) is 15.0. The number of aliphatic hydroxyl groups is 1. The minimum Gasteiger partial charge on any atom is -0.507 e. The van der Waals surface area contributed by atoms with Gasteiger partial charge in [-0.05, 0) is 19.9 Å².